The molecule has 2 aliphatic rings. The molecule has 0 heterocycles. The van der Waals surface area contributed by atoms with E-state index in [4.69, 9.17) is 21.4 Å². The maximum atomic E-state index is 12.0. The molecule has 0 saturated heterocycles. The van der Waals surface area contributed by atoms with Gasteiger partial charge in [-0.2, -0.15) is 0 Å². The van der Waals surface area contributed by atoms with Gasteiger partial charge in [0, 0.05) is 23.7 Å². The van der Waals surface area contributed by atoms with Crippen LogP contribution in [0.2, 0.25) is 5.02 Å². The van der Waals surface area contributed by atoms with E-state index >= 15 is 0 Å². The third kappa shape index (κ3) is 5.61. The second kappa shape index (κ2) is 8.06. The van der Waals surface area contributed by atoms with Gasteiger partial charge in [-0.15, -0.1) is 0 Å². The van der Waals surface area contributed by atoms with Gasteiger partial charge in [-0.05, 0) is 55.9 Å². The summed E-state index contributed by atoms with van der Waals surface area (Å²) >= 11 is 5.80. The minimum atomic E-state index is -0.787. The van der Waals surface area contributed by atoms with Gasteiger partial charge in [-0.3, -0.25) is 14.5 Å². The van der Waals surface area contributed by atoms with Crippen molar-refractivity contribution in [3.63, 3.8) is 0 Å². The first kappa shape index (κ1) is 18.0. The van der Waals surface area contributed by atoms with E-state index in [1.165, 1.54) is 12.8 Å². The number of carboxylic acids is 1. The van der Waals surface area contributed by atoms with E-state index in [1.54, 1.807) is 24.3 Å². The molecule has 0 bridgehead atoms. The number of carbonyl (C=O) groups is 2. The highest BCUT2D eigenvalue weighted by Gasteiger charge is 2.37. The second-order valence-electron chi connectivity index (χ2n) is 6.90. The fourth-order valence-electron chi connectivity index (χ4n) is 3.10. The van der Waals surface area contributed by atoms with E-state index in [0.29, 0.717) is 16.7 Å². The van der Waals surface area contributed by atoms with Gasteiger partial charge < -0.3 is 15.2 Å². The normalized spacial score (nSPS) is 22.3. The molecule has 136 valence electrons. The zero-order valence-electron chi connectivity index (χ0n) is 14.0. The molecule has 0 spiro atoms. The highest BCUT2D eigenvalue weighted by molar-refractivity contribution is 6.30. The maximum absolute atomic E-state index is 12.0. The fourth-order valence-corrected chi connectivity index (χ4v) is 3.23. The number of rotatable bonds is 9. The lowest BCUT2D eigenvalue weighted by Gasteiger charge is -2.42. The molecule has 3 rings (SSSR count). The Hall–Kier alpha value is -1.79. The number of nitrogens with zero attached hydrogens (tertiary/aromatic N) is 1. The summed E-state index contributed by atoms with van der Waals surface area (Å²) in [4.78, 5) is 25.0. The molecule has 1 aromatic carbocycles. The minimum absolute atomic E-state index is 0.0380. The van der Waals surface area contributed by atoms with Crippen LogP contribution < -0.4 is 10.1 Å². The molecule has 7 heteroatoms. The minimum Gasteiger partial charge on any atom is -0.484 e. The summed E-state index contributed by atoms with van der Waals surface area (Å²) < 4.78 is 5.42. The number of aliphatic carboxylic acids is 1. The molecular weight excluding hydrogens is 344 g/mol. The van der Waals surface area contributed by atoms with Crippen LogP contribution in [-0.2, 0) is 9.59 Å². The van der Waals surface area contributed by atoms with Crippen molar-refractivity contribution in [1.82, 2.24) is 10.2 Å². The number of hydrogen-bond acceptors (Lipinski definition) is 4. The first-order valence-corrected chi connectivity index (χ1v) is 9.01. The SMILES string of the molecule is O=C(O)CN(CC1CC1)C1CC(NC(=O)COc2ccc(Cl)cc2)C1. The van der Waals surface area contributed by atoms with Crippen molar-refractivity contribution >= 4 is 23.5 Å². The van der Waals surface area contributed by atoms with Crippen molar-refractivity contribution in [2.45, 2.75) is 37.8 Å². The summed E-state index contributed by atoms with van der Waals surface area (Å²) in [5.41, 5.74) is 0. The number of carboxylic acid groups (broad SMARTS) is 1. The van der Waals surface area contributed by atoms with Gasteiger partial charge in [0.25, 0.3) is 5.91 Å². The summed E-state index contributed by atoms with van der Waals surface area (Å²) in [6, 6.07) is 7.21. The number of carbonyl (C=O) groups excluding carboxylic acids is 1. The molecule has 25 heavy (non-hydrogen) atoms. The summed E-state index contributed by atoms with van der Waals surface area (Å²) in [5, 5.41) is 12.6. The lowest BCUT2D eigenvalue weighted by molar-refractivity contribution is -0.140. The van der Waals surface area contributed by atoms with Crippen molar-refractivity contribution in [2.24, 2.45) is 5.92 Å². The summed E-state index contributed by atoms with van der Waals surface area (Å²) in [7, 11) is 0. The number of amides is 1. The van der Waals surface area contributed by atoms with Crippen LogP contribution in [-0.4, -0.2) is 53.7 Å². The maximum Gasteiger partial charge on any atom is 0.317 e. The van der Waals surface area contributed by atoms with Gasteiger partial charge in [0.2, 0.25) is 0 Å². The Balaban J connectivity index is 1.37. The van der Waals surface area contributed by atoms with E-state index in [0.717, 1.165) is 19.4 Å². The van der Waals surface area contributed by atoms with Gasteiger partial charge in [-0.25, -0.2) is 0 Å². The molecule has 2 saturated carbocycles. The van der Waals surface area contributed by atoms with Gasteiger partial charge in [0.05, 0.1) is 6.54 Å². The number of hydrogen-bond donors (Lipinski definition) is 2. The zero-order chi connectivity index (χ0) is 17.8. The number of halogens is 1. The van der Waals surface area contributed by atoms with Gasteiger partial charge in [-0.1, -0.05) is 11.6 Å². The van der Waals surface area contributed by atoms with Crippen LogP contribution in [0.5, 0.6) is 5.75 Å². The Morgan fingerprint density at radius 3 is 2.52 bits per heavy atom. The average molecular weight is 367 g/mol. The van der Waals surface area contributed by atoms with Crippen LogP contribution in [0.3, 0.4) is 0 Å². The molecule has 0 atom stereocenters. The Morgan fingerprint density at radius 1 is 1.24 bits per heavy atom. The molecule has 0 unspecified atom stereocenters. The Kier molecular flexibility index (Phi) is 5.81. The van der Waals surface area contributed by atoms with Crippen molar-refractivity contribution < 1.29 is 19.4 Å². The molecular formula is C18H23ClN2O4. The standard InChI is InChI=1S/C18H23ClN2O4/c19-13-3-5-16(6-4-13)25-11-17(22)20-14-7-15(8-14)21(10-18(23)24)9-12-1-2-12/h3-6,12,14-15H,1-2,7-11H2,(H,20,22)(H,23,24). The quantitative estimate of drug-likeness (QED) is 0.700. The number of benzene rings is 1. The summed E-state index contributed by atoms with van der Waals surface area (Å²) in [5.74, 6) is 0.304. The Bertz CT molecular complexity index is 612. The third-order valence-corrected chi connectivity index (χ3v) is 4.96. The molecule has 0 radical (unpaired) electrons. The molecule has 6 nitrogen and oxygen atoms in total. The van der Waals surface area contributed by atoms with Crippen molar-refractivity contribution in [3.8, 4) is 5.75 Å². The first-order chi connectivity index (χ1) is 12.0. The highest BCUT2D eigenvalue weighted by atomic mass is 35.5. The summed E-state index contributed by atoms with van der Waals surface area (Å²) in [6.07, 6.45) is 4.00. The van der Waals surface area contributed by atoms with E-state index in [-0.39, 0.29) is 31.1 Å². The van der Waals surface area contributed by atoms with E-state index in [2.05, 4.69) is 5.32 Å². The molecule has 1 amide bonds. The van der Waals surface area contributed by atoms with Crippen LogP contribution in [0.15, 0.2) is 24.3 Å². The van der Waals surface area contributed by atoms with Crippen LogP contribution in [0.25, 0.3) is 0 Å². The number of ether oxygens (including phenoxy) is 1. The largest absolute Gasteiger partial charge is 0.484 e. The molecule has 2 aliphatic carbocycles. The Labute approximate surface area is 152 Å². The monoisotopic (exact) mass is 366 g/mol. The van der Waals surface area contributed by atoms with E-state index in [9.17, 15) is 9.59 Å². The fraction of sp³-hybridized carbons (Fsp3) is 0.556. The topological polar surface area (TPSA) is 78.9 Å². The van der Waals surface area contributed by atoms with E-state index < -0.39 is 5.97 Å². The van der Waals surface area contributed by atoms with Crippen LogP contribution in [0, 0.1) is 5.92 Å². The van der Waals surface area contributed by atoms with Crippen molar-refractivity contribution in [2.75, 3.05) is 19.7 Å². The zero-order valence-corrected chi connectivity index (χ0v) is 14.7. The van der Waals surface area contributed by atoms with E-state index in [1.807, 2.05) is 4.90 Å². The number of nitrogens with one attached hydrogen (secondary N) is 1. The van der Waals surface area contributed by atoms with Crippen molar-refractivity contribution in [1.29, 1.82) is 0 Å². The smallest absolute Gasteiger partial charge is 0.317 e. The highest BCUT2D eigenvalue weighted by Crippen LogP contribution is 2.33. The van der Waals surface area contributed by atoms with Gasteiger partial charge in [0.1, 0.15) is 5.75 Å². The predicted molar refractivity (Wildman–Crippen MR) is 93.8 cm³/mol. The van der Waals surface area contributed by atoms with Gasteiger partial charge >= 0.3 is 5.97 Å². The summed E-state index contributed by atoms with van der Waals surface area (Å²) in [6.45, 7) is 0.905. The van der Waals surface area contributed by atoms with Crippen LogP contribution in [0.1, 0.15) is 25.7 Å². The predicted octanol–water partition coefficient (Wildman–Crippen LogP) is 2.16. The third-order valence-electron chi connectivity index (χ3n) is 4.71. The average Bonchev–Trinajstić information content (AvgIpc) is 3.33. The van der Waals surface area contributed by atoms with Gasteiger partial charge in [0.15, 0.2) is 6.61 Å². The molecule has 0 aliphatic heterocycles. The molecule has 0 aromatic heterocycles. The Morgan fingerprint density at radius 2 is 1.92 bits per heavy atom. The second-order valence-corrected chi connectivity index (χ2v) is 7.34. The van der Waals surface area contributed by atoms with Crippen LogP contribution in [0.4, 0.5) is 0 Å². The van der Waals surface area contributed by atoms with Crippen LogP contribution >= 0.6 is 11.6 Å². The molecule has 1 aromatic rings. The lowest BCUT2D eigenvalue weighted by atomic mass is 9.85. The molecule has 2 fully saturated rings. The molecule has 2 N–H and O–H groups in total. The lowest BCUT2D eigenvalue weighted by Crippen LogP contribution is -2.55. The first-order valence-electron chi connectivity index (χ1n) is 8.63. The van der Waals surface area contributed by atoms with Crippen molar-refractivity contribution in [3.05, 3.63) is 29.3 Å².